The van der Waals surface area contributed by atoms with E-state index in [0.29, 0.717) is 11.4 Å². The summed E-state index contributed by atoms with van der Waals surface area (Å²) in [5.74, 6) is 0. The highest BCUT2D eigenvalue weighted by Gasteiger charge is 1.85. The lowest BCUT2D eigenvalue weighted by molar-refractivity contribution is -0.108. The molecule has 3 heteroatoms. The van der Waals surface area contributed by atoms with E-state index in [1.165, 1.54) is 0 Å². The highest BCUT2D eigenvalue weighted by molar-refractivity contribution is 6.30. The van der Waals surface area contributed by atoms with Crippen LogP contribution in [0.15, 0.2) is 30.5 Å². The van der Waals surface area contributed by atoms with Crippen molar-refractivity contribution in [2.75, 3.05) is 0 Å². The van der Waals surface area contributed by atoms with E-state index in [-0.39, 0.29) is 0 Å². The molecule has 1 amide bonds. The normalized spacial score (nSPS) is 10.1. The standard InChI is InChI=1S/C9H8ClNO/c10-9-3-1-8(2-4-9)5-6-11-7-12/h1-7H,(H,11,12)/b6-5+. The number of hydrogen-bond acceptors (Lipinski definition) is 1. The molecule has 0 unspecified atom stereocenters. The van der Waals surface area contributed by atoms with Crippen LogP contribution in [0.2, 0.25) is 5.02 Å². The predicted octanol–water partition coefficient (Wildman–Crippen LogP) is 2.06. The Morgan fingerprint density at radius 2 is 1.92 bits per heavy atom. The van der Waals surface area contributed by atoms with E-state index in [4.69, 9.17) is 11.6 Å². The maximum atomic E-state index is 9.87. The molecular formula is C9H8ClNO. The summed E-state index contributed by atoms with van der Waals surface area (Å²) in [4.78, 5) is 9.87. The lowest BCUT2D eigenvalue weighted by Crippen LogP contribution is -1.97. The summed E-state index contributed by atoms with van der Waals surface area (Å²) in [5.41, 5.74) is 0.994. The molecule has 1 aromatic carbocycles. The van der Waals surface area contributed by atoms with Crippen LogP contribution >= 0.6 is 11.6 Å². The lowest BCUT2D eigenvalue weighted by atomic mass is 10.2. The van der Waals surface area contributed by atoms with Crippen molar-refractivity contribution < 1.29 is 4.79 Å². The topological polar surface area (TPSA) is 29.1 Å². The molecule has 1 N–H and O–H groups in total. The van der Waals surface area contributed by atoms with Gasteiger partial charge in [-0.05, 0) is 23.8 Å². The van der Waals surface area contributed by atoms with Crippen LogP contribution in [0.3, 0.4) is 0 Å². The SMILES string of the molecule is O=CN/C=C/c1ccc(Cl)cc1. The van der Waals surface area contributed by atoms with Gasteiger partial charge in [-0.15, -0.1) is 0 Å². The minimum atomic E-state index is 0.617. The monoisotopic (exact) mass is 181 g/mol. The maximum absolute atomic E-state index is 9.87. The number of benzene rings is 1. The zero-order chi connectivity index (χ0) is 8.81. The van der Waals surface area contributed by atoms with E-state index >= 15 is 0 Å². The zero-order valence-electron chi connectivity index (χ0n) is 6.33. The number of hydrogen-bond donors (Lipinski definition) is 1. The second-order valence-corrected chi connectivity index (χ2v) is 2.61. The molecule has 0 aliphatic carbocycles. The van der Waals surface area contributed by atoms with Gasteiger partial charge in [0.25, 0.3) is 0 Å². The molecule has 0 atom stereocenters. The Hall–Kier alpha value is -1.28. The molecule has 0 aliphatic rings. The van der Waals surface area contributed by atoms with Crippen molar-refractivity contribution >= 4 is 24.1 Å². The van der Waals surface area contributed by atoms with E-state index in [9.17, 15) is 4.79 Å². The number of rotatable bonds is 3. The van der Waals surface area contributed by atoms with Crippen LogP contribution in [0.1, 0.15) is 5.56 Å². The van der Waals surface area contributed by atoms with Crippen LogP contribution in [0.4, 0.5) is 0 Å². The van der Waals surface area contributed by atoms with Gasteiger partial charge in [-0.3, -0.25) is 4.79 Å². The van der Waals surface area contributed by atoms with Crippen LogP contribution in [0.25, 0.3) is 6.08 Å². The third kappa shape index (κ3) is 2.76. The summed E-state index contributed by atoms with van der Waals surface area (Å²) in [5, 5.41) is 3.12. The van der Waals surface area contributed by atoms with Crippen molar-refractivity contribution in [2.45, 2.75) is 0 Å². The fourth-order valence-electron chi connectivity index (χ4n) is 0.758. The third-order valence-corrected chi connectivity index (χ3v) is 1.56. The van der Waals surface area contributed by atoms with Crippen molar-refractivity contribution in [3.05, 3.63) is 41.1 Å². The molecule has 0 heterocycles. The number of carbonyl (C=O) groups is 1. The third-order valence-electron chi connectivity index (χ3n) is 1.31. The summed E-state index contributed by atoms with van der Waals surface area (Å²) < 4.78 is 0. The second-order valence-electron chi connectivity index (χ2n) is 2.17. The molecule has 0 saturated carbocycles. The van der Waals surface area contributed by atoms with Crippen molar-refractivity contribution in [1.29, 1.82) is 0 Å². The first-order valence-electron chi connectivity index (χ1n) is 3.45. The smallest absolute Gasteiger partial charge is 0.211 e. The molecule has 0 fully saturated rings. The Morgan fingerprint density at radius 1 is 1.25 bits per heavy atom. The minimum absolute atomic E-state index is 0.617. The zero-order valence-corrected chi connectivity index (χ0v) is 7.08. The van der Waals surface area contributed by atoms with Crippen LogP contribution in [-0.4, -0.2) is 6.41 Å². The molecule has 2 nitrogen and oxygen atoms in total. The molecule has 0 bridgehead atoms. The van der Waals surface area contributed by atoms with Gasteiger partial charge in [-0.25, -0.2) is 0 Å². The highest BCUT2D eigenvalue weighted by Crippen LogP contribution is 2.09. The van der Waals surface area contributed by atoms with E-state index in [1.807, 2.05) is 12.1 Å². The first-order valence-corrected chi connectivity index (χ1v) is 3.82. The average molecular weight is 182 g/mol. The van der Waals surface area contributed by atoms with Crippen molar-refractivity contribution in [3.63, 3.8) is 0 Å². The van der Waals surface area contributed by atoms with Crippen molar-refractivity contribution in [3.8, 4) is 0 Å². The highest BCUT2D eigenvalue weighted by atomic mass is 35.5. The molecule has 0 radical (unpaired) electrons. The Balaban J connectivity index is 2.64. The van der Waals surface area contributed by atoms with E-state index in [1.54, 1.807) is 24.4 Å². The fraction of sp³-hybridized carbons (Fsp3) is 0. The van der Waals surface area contributed by atoms with Gasteiger partial charge in [-0.2, -0.15) is 0 Å². The van der Waals surface area contributed by atoms with Crippen LogP contribution in [-0.2, 0) is 4.79 Å². The minimum Gasteiger partial charge on any atom is -0.335 e. The van der Waals surface area contributed by atoms with Crippen LogP contribution in [0, 0.1) is 0 Å². The molecule has 0 spiro atoms. The van der Waals surface area contributed by atoms with Crippen molar-refractivity contribution in [1.82, 2.24) is 5.32 Å². The number of amides is 1. The second kappa shape index (κ2) is 4.57. The summed E-state index contributed by atoms with van der Waals surface area (Å²) in [7, 11) is 0. The van der Waals surface area contributed by atoms with Gasteiger partial charge < -0.3 is 5.32 Å². The molecule has 0 saturated heterocycles. The predicted molar refractivity (Wildman–Crippen MR) is 49.7 cm³/mol. The van der Waals surface area contributed by atoms with Gasteiger partial charge in [0.2, 0.25) is 6.41 Å². The van der Waals surface area contributed by atoms with Crippen LogP contribution < -0.4 is 5.32 Å². The van der Waals surface area contributed by atoms with E-state index in [0.717, 1.165) is 5.56 Å². The molecule has 12 heavy (non-hydrogen) atoms. The summed E-state index contributed by atoms with van der Waals surface area (Å²) in [6.07, 6.45) is 3.97. The molecule has 62 valence electrons. The largest absolute Gasteiger partial charge is 0.335 e. The molecular weight excluding hydrogens is 174 g/mol. The molecule has 1 rings (SSSR count). The first kappa shape index (κ1) is 8.81. The summed E-state index contributed by atoms with van der Waals surface area (Å²) >= 11 is 5.68. The first-order chi connectivity index (χ1) is 5.83. The van der Waals surface area contributed by atoms with Gasteiger partial charge in [-0.1, -0.05) is 23.7 Å². The van der Waals surface area contributed by atoms with Crippen molar-refractivity contribution in [2.24, 2.45) is 0 Å². The van der Waals surface area contributed by atoms with Gasteiger partial charge in [0, 0.05) is 11.2 Å². The van der Waals surface area contributed by atoms with E-state index < -0.39 is 0 Å². The quantitative estimate of drug-likeness (QED) is 0.711. The number of carbonyl (C=O) groups excluding carboxylic acids is 1. The van der Waals surface area contributed by atoms with E-state index in [2.05, 4.69) is 5.32 Å². The van der Waals surface area contributed by atoms with Gasteiger partial charge in [0.05, 0.1) is 0 Å². The lowest BCUT2D eigenvalue weighted by Gasteiger charge is -1.92. The number of halogens is 1. The molecule has 1 aromatic rings. The average Bonchev–Trinajstić information content (AvgIpc) is 2.09. The number of nitrogens with one attached hydrogen (secondary N) is 1. The molecule has 0 aromatic heterocycles. The van der Waals surface area contributed by atoms with Gasteiger partial charge in [0.1, 0.15) is 0 Å². The maximum Gasteiger partial charge on any atom is 0.211 e. The summed E-state index contributed by atoms with van der Waals surface area (Å²) in [6.45, 7) is 0. The van der Waals surface area contributed by atoms with Crippen LogP contribution in [0.5, 0.6) is 0 Å². The fourth-order valence-corrected chi connectivity index (χ4v) is 0.884. The van der Waals surface area contributed by atoms with Gasteiger partial charge >= 0.3 is 0 Å². The summed E-state index contributed by atoms with van der Waals surface area (Å²) in [6, 6.07) is 7.32. The molecule has 0 aliphatic heterocycles. The Kier molecular flexibility index (Phi) is 3.35. The Morgan fingerprint density at radius 3 is 2.50 bits per heavy atom. The Labute approximate surface area is 75.9 Å². The van der Waals surface area contributed by atoms with Gasteiger partial charge in [0.15, 0.2) is 0 Å². The Bertz CT molecular complexity index is 279.